The zero-order chi connectivity index (χ0) is 16.9. The van der Waals surface area contributed by atoms with E-state index >= 15 is 0 Å². The summed E-state index contributed by atoms with van der Waals surface area (Å²) in [6, 6.07) is 8.73. The van der Waals surface area contributed by atoms with E-state index in [0.717, 1.165) is 16.3 Å². The standard InChI is InChI=1S/C17H14ClN3O2S/c1-23-15-3-2-12(18)8-14(15)16(22)20-9-13-10-24-17(21-13)11-4-6-19-7-5-11/h2-8,10H,9H2,1H3,(H,20,22). The molecule has 0 bridgehead atoms. The second kappa shape index (κ2) is 7.42. The van der Waals surface area contributed by atoms with E-state index in [1.807, 2.05) is 17.5 Å². The van der Waals surface area contributed by atoms with Crippen molar-refractivity contribution < 1.29 is 9.53 Å². The van der Waals surface area contributed by atoms with Gasteiger partial charge in [-0.2, -0.15) is 0 Å². The number of rotatable bonds is 5. The Bertz CT molecular complexity index is 852. The first-order valence-corrected chi connectivity index (χ1v) is 8.39. The summed E-state index contributed by atoms with van der Waals surface area (Å²) in [6.45, 7) is 0.329. The third-order valence-electron chi connectivity index (χ3n) is 3.32. The van der Waals surface area contributed by atoms with Crippen LogP contribution in [0.25, 0.3) is 10.6 Å². The van der Waals surface area contributed by atoms with Crippen molar-refractivity contribution in [1.82, 2.24) is 15.3 Å². The van der Waals surface area contributed by atoms with E-state index in [0.29, 0.717) is 22.9 Å². The van der Waals surface area contributed by atoms with Crippen LogP contribution in [0.4, 0.5) is 0 Å². The smallest absolute Gasteiger partial charge is 0.255 e. The van der Waals surface area contributed by atoms with Gasteiger partial charge in [0.05, 0.1) is 24.9 Å². The first-order valence-electron chi connectivity index (χ1n) is 7.14. The molecule has 0 saturated carbocycles. The summed E-state index contributed by atoms with van der Waals surface area (Å²) >= 11 is 7.48. The predicted molar refractivity (Wildman–Crippen MR) is 94.5 cm³/mol. The largest absolute Gasteiger partial charge is 0.496 e. The van der Waals surface area contributed by atoms with Gasteiger partial charge in [-0.3, -0.25) is 9.78 Å². The van der Waals surface area contributed by atoms with Crippen LogP contribution in [0.3, 0.4) is 0 Å². The Morgan fingerprint density at radius 2 is 2.08 bits per heavy atom. The number of hydrogen-bond acceptors (Lipinski definition) is 5. The second-order valence-corrected chi connectivity index (χ2v) is 6.20. The minimum absolute atomic E-state index is 0.257. The molecule has 0 spiro atoms. The van der Waals surface area contributed by atoms with Gasteiger partial charge in [-0.25, -0.2) is 4.98 Å². The topological polar surface area (TPSA) is 64.1 Å². The Morgan fingerprint density at radius 3 is 2.83 bits per heavy atom. The Balaban J connectivity index is 1.69. The molecule has 1 aromatic carbocycles. The van der Waals surface area contributed by atoms with E-state index in [4.69, 9.17) is 16.3 Å². The normalized spacial score (nSPS) is 10.4. The monoisotopic (exact) mass is 359 g/mol. The molecule has 5 nitrogen and oxygen atoms in total. The molecule has 0 saturated heterocycles. The number of ether oxygens (including phenoxy) is 1. The molecule has 2 aromatic heterocycles. The molecule has 0 atom stereocenters. The molecule has 122 valence electrons. The lowest BCUT2D eigenvalue weighted by Gasteiger charge is -2.09. The fourth-order valence-electron chi connectivity index (χ4n) is 2.14. The SMILES string of the molecule is COc1ccc(Cl)cc1C(=O)NCc1csc(-c2ccncc2)n1. The van der Waals surface area contributed by atoms with Gasteiger partial charge in [0.25, 0.3) is 5.91 Å². The van der Waals surface area contributed by atoms with Gasteiger partial charge in [0, 0.05) is 28.4 Å². The van der Waals surface area contributed by atoms with Gasteiger partial charge in [-0.15, -0.1) is 11.3 Å². The lowest BCUT2D eigenvalue weighted by molar-refractivity contribution is 0.0947. The van der Waals surface area contributed by atoms with Crippen molar-refractivity contribution in [2.75, 3.05) is 7.11 Å². The van der Waals surface area contributed by atoms with Gasteiger partial charge < -0.3 is 10.1 Å². The number of methoxy groups -OCH3 is 1. The lowest BCUT2D eigenvalue weighted by atomic mass is 10.2. The van der Waals surface area contributed by atoms with Crippen LogP contribution in [0.1, 0.15) is 16.1 Å². The molecule has 0 radical (unpaired) electrons. The number of benzene rings is 1. The number of nitrogens with zero attached hydrogens (tertiary/aromatic N) is 2. The zero-order valence-electron chi connectivity index (χ0n) is 12.8. The van der Waals surface area contributed by atoms with Crippen molar-refractivity contribution in [3.63, 3.8) is 0 Å². The van der Waals surface area contributed by atoms with Crippen molar-refractivity contribution in [2.24, 2.45) is 0 Å². The third kappa shape index (κ3) is 3.72. The zero-order valence-corrected chi connectivity index (χ0v) is 14.4. The summed E-state index contributed by atoms with van der Waals surface area (Å²) in [5.41, 5.74) is 2.19. The molecule has 3 rings (SSSR count). The molecular weight excluding hydrogens is 346 g/mol. The molecule has 2 heterocycles. The summed E-state index contributed by atoms with van der Waals surface area (Å²) in [5.74, 6) is 0.223. The molecule has 24 heavy (non-hydrogen) atoms. The molecule has 3 aromatic rings. The first-order chi connectivity index (χ1) is 11.7. The molecule has 7 heteroatoms. The van der Waals surface area contributed by atoms with Crippen molar-refractivity contribution in [3.8, 4) is 16.3 Å². The Kier molecular flexibility index (Phi) is 5.08. The molecule has 0 aliphatic heterocycles. The van der Waals surface area contributed by atoms with E-state index < -0.39 is 0 Å². The molecule has 1 N–H and O–H groups in total. The van der Waals surface area contributed by atoms with E-state index in [2.05, 4.69) is 15.3 Å². The summed E-state index contributed by atoms with van der Waals surface area (Å²) < 4.78 is 5.20. The number of carbonyl (C=O) groups is 1. The summed E-state index contributed by atoms with van der Waals surface area (Å²) in [4.78, 5) is 20.9. The average molecular weight is 360 g/mol. The number of aromatic nitrogens is 2. The van der Waals surface area contributed by atoms with Crippen LogP contribution in [-0.2, 0) is 6.54 Å². The van der Waals surface area contributed by atoms with Crippen molar-refractivity contribution >= 4 is 28.8 Å². The van der Waals surface area contributed by atoms with Crippen molar-refractivity contribution in [3.05, 3.63) is 64.4 Å². The maximum atomic E-state index is 12.3. The summed E-state index contributed by atoms with van der Waals surface area (Å²) in [6.07, 6.45) is 3.45. The molecular formula is C17H14ClN3O2S. The van der Waals surface area contributed by atoms with Crippen LogP contribution < -0.4 is 10.1 Å². The van der Waals surface area contributed by atoms with Crippen LogP contribution in [0.2, 0.25) is 5.02 Å². The van der Waals surface area contributed by atoms with E-state index in [9.17, 15) is 4.79 Å². The quantitative estimate of drug-likeness (QED) is 0.752. The highest BCUT2D eigenvalue weighted by Gasteiger charge is 2.13. The van der Waals surface area contributed by atoms with Gasteiger partial charge in [0.15, 0.2) is 0 Å². The Labute approximate surface area is 148 Å². The van der Waals surface area contributed by atoms with Crippen LogP contribution in [0.15, 0.2) is 48.1 Å². The summed E-state index contributed by atoms with van der Waals surface area (Å²) in [5, 5.41) is 6.13. The van der Waals surface area contributed by atoms with Crippen LogP contribution >= 0.6 is 22.9 Å². The Hall–Kier alpha value is -2.44. The minimum atomic E-state index is -0.257. The maximum Gasteiger partial charge on any atom is 0.255 e. The number of carbonyl (C=O) groups excluding carboxylic acids is 1. The molecule has 0 aliphatic rings. The lowest BCUT2D eigenvalue weighted by Crippen LogP contribution is -2.23. The van der Waals surface area contributed by atoms with Gasteiger partial charge in [-0.05, 0) is 30.3 Å². The molecule has 0 aliphatic carbocycles. The first kappa shape index (κ1) is 16.4. The van der Waals surface area contributed by atoms with E-state index in [-0.39, 0.29) is 5.91 Å². The van der Waals surface area contributed by atoms with E-state index in [1.165, 1.54) is 18.4 Å². The number of thiazole rings is 1. The predicted octanol–water partition coefficient (Wildman–Crippen LogP) is 3.80. The van der Waals surface area contributed by atoms with Crippen LogP contribution in [0.5, 0.6) is 5.75 Å². The summed E-state index contributed by atoms with van der Waals surface area (Å²) in [7, 11) is 1.52. The highest BCUT2D eigenvalue weighted by Crippen LogP contribution is 2.24. The number of halogens is 1. The number of nitrogens with one attached hydrogen (secondary N) is 1. The second-order valence-electron chi connectivity index (χ2n) is 4.91. The number of hydrogen-bond donors (Lipinski definition) is 1. The van der Waals surface area contributed by atoms with Gasteiger partial charge in [-0.1, -0.05) is 11.6 Å². The fraction of sp³-hybridized carbons (Fsp3) is 0.118. The minimum Gasteiger partial charge on any atom is -0.496 e. The van der Waals surface area contributed by atoms with Gasteiger partial charge in [0.2, 0.25) is 0 Å². The molecule has 1 amide bonds. The third-order valence-corrected chi connectivity index (χ3v) is 4.49. The molecule has 0 unspecified atom stereocenters. The van der Waals surface area contributed by atoms with Crippen LogP contribution in [-0.4, -0.2) is 23.0 Å². The van der Waals surface area contributed by atoms with Gasteiger partial charge >= 0.3 is 0 Å². The highest BCUT2D eigenvalue weighted by molar-refractivity contribution is 7.13. The number of amides is 1. The van der Waals surface area contributed by atoms with Crippen molar-refractivity contribution in [1.29, 1.82) is 0 Å². The maximum absolute atomic E-state index is 12.3. The molecule has 0 fully saturated rings. The van der Waals surface area contributed by atoms with E-state index in [1.54, 1.807) is 30.6 Å². The Morgan fingerprint density at radius 1 is 1.29 bits per heavy atom. The highest BCUT2D eigenvalue weighted by atomic mass is 35.5. The average Bonchev–Trinajstić information content (AvgIpc) is 3.09. The van der Waals surface area contributed by atoms with Crippen LogP contribution in [0, 0.1) is 0 Å². The van der Waals surface area contributed by atoms with Gasteiger partial charge in [0.1, 0.15) is 10.8 Å². The number of pyridine rings is 1. The van der Waals surface area contributed by atoms with Crippen molar-refractivity contribution in [2.45, 2.75) is 6.54 Å². The fourth-order valence-corrected chi connectivity index (χ4v) is 3.14.